The molecule has 0 bridgehead atoms. The lowest BCUT2D eigenvalue weighted by molar-refractivity contribution is -0.151. The van der Waals surface area contributed by atoms with Gasteiger partial charge in [0.15, 0.2) is 17.3 Å². The quantitative estimate of drug-likeness (QED) is 0.487. The van der Waals surface area contributed by atoms with Crippen molar-refractivity contribution in [1.29, 1.82) is 0 Å². The van der Waals surface area contributed by atoms with Gasteiger partial charge in [-0.15, -0.1) is 0 Å². The fraction of sp³-hybridized carbons (Fsp3) is 0.385. The minimum Gasteiger partial charge on any atom is -0.493 e. The maximum atomic E-state index is 13.8. The Balaban J connectivity index is 1.91. The van der Waals surface area contributed by atoms with E-state index in [1.54, 1.807) is 7.11 Å². The van der Waals surface area contributed by atoms with Crippen molar-refractivity contribution in [3.63, 3.8) is 0 Å². The molecule has 4 rings (SSSR count). The number of nitrogens with one attached hydrogen (secondary N) is 2. The van der Waals surface area contributed by atoms with Gasteiger partial charge < -0.3 is 24.8 Å². The Morgan fingerprint density at radius 1 is 1.09 bits per heavy atom. The molecule has 0 unspecified atom stereocenters. The van der Waals surface area contributed by atoms with Crippen LogP contribution in [0.1, 0.15) is 38.3 Å². The first-order valence-electron chi connectivity index (χ1n) is 11.3. The molecule has 174 valence electrons. The molecule has 2 aliphatic rings. The van der Waals surface area contributed by atoms with Crippen LogP contribution in [-0.2, 0) is 14.3 Å². The summed E-state index contributed by atoms with van der Waals surface area (Å²) in [5.41, 5.74) is 3.84. The second kappa shape index (κ2) is 9.57. The van der Waals surface area contributed by atoms with Gasteiger partial charge in [0, 0.05) is 16.8 Å². The van der Waals surface area contributed by atoms with Gasteiger partial charge in [-0.1, -0.05) is 38.1 Å². The Labute approximate surface area is 194 Å². The summed E-state index contributed by atoms with van der Waals surface area (Å²) in [5, 5.41) is 7.00. The molecule has 7 nitrogen and oxygen atoms in total. The Kier molecular flexibility index (Phi) is 6.58. The highest BCUT2D eigenvalue weighted by Gasteiger charge is 2.45. The number of hydrogen-bond acceptors (Lipinski definition) is 7. The van der Waals surface area contributed by atoms with Crippen LogP contribution in [0.15, 0.2) is 53.7 Å². The number of hydrogen-bond donors (Lipinski definition) is 2. The van der Waals surface area contributed by atoms with E-state index in [4.69, 9.17) is 14.2 Å². The predicted octanol–water partition coefficient (Wildman–Crippen LogP) is 4.71. The molecule has 0 aromatic heterocycles. The van der Waals surface area contributed by atoms with Crippen molar-refractivity contribution in [3.8, 4) is 11.5 Å². The van der Waals surface area contributed by atoms with E-state index >= 15 is 0 Å². The molecule has 0 saturated heterocycles. The van der Waals surface area contributed by atoms with Crippen LogP contribution in [-0.4, -0.2) is 32.6 Å². The fourth-order valence-electron chi connectivity index (χ4n) is 4.65. The van der Waals surface area contributed by atoms with E-state index in [2.05, 4.69) is 10.6 Å². The number of rotatable bonds is 6. The summed E-state index contributed by atoms with van der Waals surface area (Å²) in [4.78, 5) is 26.4. The van der Waals surface area contributed by atoms with E-state index in [0.717, 1.165) is 29.1 Å². The highest BCUT2D eigenvalue weighted by Crippen LogP contribution is 2.47. The topological polar surface area (TPSA) is 85.9 Å². The lowest BCUT2D eigenvalue weighted by atomic mass is 9.74. The van der Waals surface area contributed by atoms with E-state index in [-0.39, 0.29) is 11.7 Å². The largest absolute Gasteiger partial charge is 0.493 e. The van der Waals surface area contributed by atoms with Gasteiger partial charge >= 0.3 is 5.97 Å². The molecule has 1 aliphatic heterocycles. The Bertz CT molecular complexity index is 1090. The number of allylic oxidation sites excluding steroid dienone is 1. The summed E-state index contributed by atoms with van der Waals surface area (Å²) >= 11 is 0. The number of carbonyl (C=O) groups excluding carboxylic acids is 2. The zero-order valence-corrected chi connectivity index (χ0v) is 19.4. The van der Waals surface area contributed by atoms with Crippen LogP contribution in [0, 0.1) is 11.8 Å². The molecular formula is C26H30N2O5. The number of fused-ring (bicyclic) bond motifs is 1. The number of methoxy groups -OCH3 is 2. The zero-order valence-electron chi connectivity index (χ0n) is 19.4. The molecule has 2 aromatic carbocycles. The van der Waals surface area contributed by atoms with Crippen LogP contribution in [0.2, 0.25) is 0 Å². The van der Waals surface area contributed by atoms with Crippen molar-refractivity contribution in [2.24, 2.45) is 11.8 Å². The number of benzene rings is 2. The van der Waals surface area contributed by atoms with Crippen LogP contribution in [0.5, 0.6) is 11.5 Å². The van der Waals surface area contributed by atoms with Gasteiger partial charge in [-0.05, 0) is 37.0 Å². The minimum atomic E-state index is -0.855. The molecule has 0 radical (unpaired) electrons. The van der Waals surface area contributed by atoms with Gasteiger partial charge in [0.25, 0.3) is 0 Å². The van der Waals surface area contributed by atoms with Crippen LogP contribution in [0.3, 0.4) is 0 Å². The summed E-state index contributed by atoms with van der Waals surface area (Å²) in [6.45, 7) is 4.45. The second-order valence-corrected chi connectivity index (χ2v) is 8.41. The maximum absolute atomic E-state index is 13.8. The number of para-hydroxylation sites is 3. The summed E-state index contributed by atoms with van der Waals surface area (Å²) in [7, 11) is 2.92. The summed E-state index contributed by atoms with van der Waals surface area (Å²) in [6, 6.07) is 12.9. The fourth-order valence-corrected chi connectivity index (χ4v) is 4.65. The van der Waals surface area contributed by atoms with Gasteiger partial charge in [0.2, 0.25) is 0 Å². The van der Waals surface area contributed by atoms with E-state index in [0.29, 0.717) is 30.1 Å². The normalized spacial score (nSPS) is 21.7. The molecule has 0 amide bonds. The molecule has 1 heterocycles. The number of ether oxygens (including phenoxy) is 3. The third-order valence-electron chi connectivity index (χ3n) is 6.22. The van der Waals surface area contributed by atoms with Crippen molar-refractivity contribution >= 4 is 23.1 Å². The number of ketones is 1. The Hall–Kier alpha value is -3.48. The second-order valence-electron chi connectivity index (χ2n) is 8.41. The molecule has 2 aromatic rings. The zero-order chi connectivity index (χ0) is 23.5. The van der Waals surface area contributed by atoms with Crippen LogP contribution in [0.25, 0.3) is 0 Å². The number of esters is 1. The predicted molar refractivity (Wildman–Crippen MR) is 127 cm³/mol. The highest BCUT2D eigenvalue weighted by atomic mass is 16.5. The van der Waals surface area contributed by atoms with Gasteiger partial charge in [0.1, 0.15) is 5.92 Å². The summed E-state index contributed by atoms with van der Waals surface area (Å²) in [6.07, 6.45) is 1.37. The van der Waals surface area contributed by atoms with Crippen molar-refractivity contribution in [3.05, 3.63) is 59.3 Å². The first-order chi connectivity index (χ1) is 16.0. The Morgan fingerprint density at radius 2 is 1.85 bits per heavy atom. The van der Waals surface area contributed by atoms with Gasteiger partial charge in [-0.3, -0.25) is 9.59 Å². The van der Waals surface area contributed by atoms with E-state index in [1.807, 2.05) is 56.3 Å². The van der Waals surface area contributed by atoms with Crippen LogP contribution in [0.4, 0.5) is 11.4 Å². The van der Waals surface area contributed by atoms with Crippen LogP contribution >= 0.6 is 0 Å². The number of anilines is 2. The average molecular weight is 451 g/mol. The lowest BCUT2D eigenvalue weighted by Gasteiger charge is -2.33. The van der Waals surface area contributed by atoms with E-state index in [1.165, 1.54) is 7.11 Å². The molecule has 0 fully saturated rings. The number of carbonyl (C=O) groups is 2. The van der Waals surface area contributed by atoms with Gasteiger partial charge in [-0.25, -0.2) is 0 Å². The standard InChI is InChI=1S/C26H30N2O5/c1-5-13-33-25-16(9-8-12-20(25)31-3)23-22-19(27-17-10-6-7-11-18(17)28-23)14-15(2)21(24(22)29)26(30)32-4/h6-12,15,21,23,27-28H,5,13-14H2,1-4H3/t15-,21+,23+/m1/s1. The molecule has 3 atom stereocenters. The van der Waals surface area contributed by atoms with Crippen molar-refractivity contribution in [2.45, 2.75) is 32.7 Å². The van der Waals surface area contributed by atoms with E-state index < -0.39 is 17.9 Å². The summed E-state index contributed by atoms with van der Waals surface area (Å²) < 4.78 is 16.7. The monoisotopic (exact) mass is 450 g/mol. The smallest absolute Gasteiger partial charge is 0.316 e. The molecule has 2 N–H and O–H groups in total. The highest BCUT2D eigenvalue weighted by molar-refractivity contribution is 6.11. The van der Waals surface area contributed by atoms with E-state index in [9.17, 15) is 9.59 Å². The van der Waals surface area contributed by atoms with Crippen LogP contribution < -0.4 is 20.1 Å². The molecule has 1 aliphatic carbocycles. The first kappa shape index (κ1) is 22.7. The third-order valence-corrected chi connectivity index (χ3v) is 6.22. The number of Topliss-reactive ketones (excluding diaryl/α,β-unsaturated/α-hetero) is 1. The molecule has 7 heteroatoms. The minimum absolute atomic E-state index is 0.191. The van der Waals surface area contributed by atoms with Crippen molar-refractivity contribution in [1.82, 2.24) is 0 Å². The Morgan fingerprint density at radius 3 is 2.55 bits per heavy atom. The summed E-state index contributed by atoms with van der Waals surface area (Å²) in [5.74, 6) is -0.608. The first-order valence-corrected chi connectivity index (χ1v) is 11.3. The van der Waals surface area contributed by atoms with Gasteiger partial charge in [-0.2, -0.15) is 0 Å². The lowest BCUT2D eigenvalue weighted by Crippen LogP contribution is -2.39. The molecule has 0 spiro atoms. The molecule has 0 saturated carbocycles. The third kappa shape index (κ3) is 4.15. The van der Waals surface area contributed by atoms with Crippen molar-refractivity contribution < 1.29 is 23.8 Å². The average Bonchev–Trinajstić information content (AvgIpc) is 2.98. The maximum Gasteiger partial charge on any atom is 0.316 e. The van der Waals surface area contributed by atoms with Crippen molar-refractivity contribution in [2.75, 3.05) is 31.5 Å². The van der Waals surface area contributed by atoms with Gasteiger partial charge in [0.05, 0.1) is 38.2 Å². The molecule has 33 heavy (non-hydrogen) atoms. The SMILES string of the molecule is CCCOc1c(OC)cccc1[C@@H]1Nc2ccccc2NC2=C1C(=O)[C@@H](C(=O)OC)[C@H](C)C2. The molecular weight excluding hydrogens is 420 g/mol.